The van der Waals surface area contributed by atoms with Crippen LogP contribution >= 0.6 is 0 Å². The number of nitrogens with one attached hydrogen (secondary N) is 1. The van der Waals surface area contributed by atoms with Gasteiger partial charge in [0.1, 0.15) is 0 Å². The van der Waals surface area contributed by atoms with Crippen LogP contribution in [0, 0.1) is 0 Å². The highest BCUT2D eigenvalue weighted by Gasteiger charge is 2.25. The molecule has 1 atom stereocenters. The Bertz CT molecular complexity index is 468. The number of aromatic nitrogens is 1. The number of aromatic amines is 1. The van der Waals surface area contributed by atoms with E-state index in [4.69, 9.17) is 5.11 Å². The molecule has 1 aliphatic rings. The Labute approximate surface area is 91.1 Å². The third kappa shape index (κ3) is 2.06. The first-order valence-electron chi connectivity index (χ1n) is 4.97. The number of β-amino-alcohol motifs (C(OH)–C–C–N with tert-alkyl or cyclic N) is 1. The fourth-order valence-electron chi connectivity index (χ4n) is 1.76. The predicted molar refractivity (Wildman–Crippen MR) is 55.3 cm³/mol. The van der Waals surface area contributed by atoms with Gasteiger partial charge in [0, 0.05) is 25.2 Å². The van der Waals surface area contributed by atoms with Gasteiger partial charge in [-0.1, -0.05) is 0 Å². The zero-order chi connectivity index (χ0) is 11.7. The van der Waals surface area contributed by atoms with E-state index in [0.717, 1.165) is 6.07 Å². The molecule has 1 unspecified atom stereocenters. The van der Waals surface area contributed by atoms with Gasteiger partial charge >= 0.3 is 0 Å². The summed E-state index contributed by atoms with van der Waals surface area (Å²) in [6, 6.07) is 2.33. The number of aromatic hydroxyl groups is 1. The van der Waals surface area contributed by atoms with Gasteiger partial charge in [-0.15, -0.1) is 0 Å². The molecule has 0 bridgehead atoms. The maximum absolute atomic E-state index is 11.8. The van der Waals surface area contributed by atoms with Crippen LogP contribution in [0.5, 0.6) is 5.88 Å². The number of H-pyrrole nitrogens is 1. The lowest BCUT2D eigenvalue weighted by molar-refractivity contribution is 0.0764. The molecule has 1 fully saturated rings. The summed E-state index contributed by atoms with van der Waals surface area (Å²) in [5.41, 5.74) is -0.390. The molecule has 0 aromatic carbocycles. The van der Waals surface area contributed by atoms with E-state index in [-0.39, 0.29) is 23.9 Å². The van der Waals surface area contributed by atoms with Crippen molar-refractivity contribution in [1.29, 1.82) is 0 Å². The monoisotopic (exact) mass is 224 g/mol. The van der Waals surface area contributed by atoms with Crippen molar-refractivity contribution in [1.82, 2.24) is 9.88 Å². The van der Waals surface area contributed by atoms with Crippen LogP contribution in [0.25, 0.3) is 0 Å². The van der Waals surface area contributed by atoms with E-state index in [1.807, 2.05) is 0 Å². The molecule has 0 radical (unpaired) electrons. The van der Waals surface area contributed by atoms with Gasteiger partial charge in [0.05, 0.1) is 11.7 Å². The fourth-order valence-corrected chi connectivity index (χ4v) is 1.76. The van der Waals surface area contributed by atoms with E-state index in [2.05, 4.69) is 4.98 Å². The van der Waals surface area contributed by atoms with Crippen LogP contribution in [-0.4, -0.2) is 45.2 Å². The lowest BCUT2D eigenvalue weighted by Gasteiger charge is -2.15. The number of rotatable bonds is 1. The minimum Gasteiger partial charge on any atom is -0.494 e. The van der Waals surface area contributed by atoms with Crippen molar-refractivity contribution in [3.8, 4) is 5.88 Å². The largest absolute Gasteiger partial charge is 0.494 e. The Balaban J connectivity index is 2.24. The molecule has 1 saturated heterocycles. The number of pyridine rings is 1. The van der Waals surface area contributed by atoms with Crippen molar-refractivity contribution in [3.63, 3.8) is 0 Å². The van der Waals surface area contributed by atoms with Crippen molar-refractivity contribution in [3.05, 3.63) is 28.0 Å². The van der Waals surface area contributed by atoms with Gasteiger partial charge in [0.25, 0.3) is 11.5 Å². The number of nitrogens with zero attached hydrogens (tertiary/aromatic N) is 1. The Morgan fingerprint density at radius 2 is 2.25 bits per heavy atom. The number of carbonyl (C=O) groups excluding carboxylic acids is 1. The number of likely N-dealkylation sites (tertiary alicyclic amines) is 1. The van der Waals surface area contributed by atoms with Crippen LogP contribution in [0.2, 0.25) is 0 Å². The molecule has 6 nitrogen and oxygen atoms in total. The van der Waals surface area contributed by atoms with Crippen molar-refractivity contribution < 1.29 is 15.0 Å². The lowest BCUT2D eigenvalue weighted by Crippen LogP contribution is -2.30. The molecule has 1 amide bonds. The minimum absolute atomic E-state index is 0.135. The zero-order valence-corrected chi connectivity index (χ0v) is 8.51. The Kier molecular flexibility index (Phi) is 2.66. The summed E-state index contributed by atoms with van der Waals surface area (Å²) in [5, 5.41) is 18.5. The minimum atomic E-state index is -0.525. The van der Waals surface area contributed by atoms with E-state index in [1.165, 1.54) is 11.0 Å². The highest BCUT2D eigenvalue weighted by Crippen LogP contribution is 2.14. The normalized spacial score (nSPS) is 20.1. The molecule has 0 saturated carbocycles. The molecule has 16 heavy (non-hydrogen) atoms. The first kappa shape index (κ1) is 10.7. The maximum atomic E-state index is 11.8. The van der Waals surface area contributed by atoms with Crippen LogP contribution in [-0.2, 0) is 0 Å². The molecule has 1 aromatic rings. The van der Waals surface area contributed by atoms with Gasteiger partial charge in [-0.2, -0.15) is 0 Å². The topological polar surface area (TPSA) is 93.6 Å². The number of carbonyl (C=O) groups is 1. The Morgan fingerprint density at radius 3 is 2.81 bits per heavy atom. The quantitative estimate of drug-likeness (QED) is 0.587. The van der Waals surface area contributed by atoms with Crippen molar-refractivity contribution >= 4 is 5.91 Å². The third-order valence-electron chi connectivity index (χ3n) is 2.53. The molecule has 3 N–H and O–H groups in total. The Morgan fingerprint density at radius 1 is 1.50 bits per heavy atom. The van der Waals surface area contributed by atoms with Gasteiger partial charge in [0.15, 0.2) is 5.88 Å². The average molecular weight is 224 g/mol. The summed E-state index contributed by atoms with van der Waals surface area (Å²) < 4.78 is 0. The molecule has 0 aliphatic carbocycles. The van der Waals surface area contributed by atoms with Gasteiger partial charge < -0.3 is 15.1 Å². The molecule has 0 spiro atoms. The second-order valence-electron chi connectivity index (χ2n) is 3.81. The van der Waals surface area contributed by atoms with E-state index >= 15 is 0 Å². The number of aliphatic hydroxyl groups excluding tert-OH is 1. The highest BCUT2D eigenvalue weighted by atomic mass is 16.3. The Hall–Kier alpha value is -1.82. The van der Waals surface area contributed by atoms with Gasteiger partial charge in [-0.25, -0.2) is 0 Å². The highest BCUT2D eigenvalue weighted by molar-refractivity contribution is 5.94. The van der Waals surface area contributed by atoms with E-state index in [1.54, 1.807) is 0 Å². The molecule has 2 rings (SSSR count). The van der Waals surface area contributed by atoms with Crippen LogP contribution in [0.3, 0.4) is 0 Å². The summed E-state index contributed by atoms with van der Waals surface area (Å²) in [7, 11) is 0. The molecular weight excluding hydrogens is 212 g/mol. The predicted octanol–water partition coefficient (Wildman–Crippen LogP) is -0.713. The van der Waals surface area contributed by atoms with Gasteiger partial charge in [0.2, 0.25) is 0 Å². The average Bonchev–Trinajstić information content (AvgIpc) is 2.62. The van der Waals surface area contributed by atoms with E-state index in [9.17, 15) is 14.7 Å². The van der Waals surface area contributed by atoms with Crippen molar-refractivity contribution in [2.75, 3.05) is 13.1 Å². The molecular formula is C10H12N2O4. The standard InChI is InChI=1S/C10H12N2O4/c13-7-1-2-12(5-7)10(16)6-3-8(14)11-9(15)4-6/h3-4,7,13H,1-2,5H2,(H2,11,14,15). The summed E-state index contributed by atoms with van der Waals surface area (Å²) in [6.45, 7) is 0.736. The molecule has 1 aromatic heterocycles. The summed E-state index contributed by atoms with van der Waals surface area (Å²) >= 11 is 0. The van der Waals surface area contributed by atoms with E-state index < -0.39 is 11.7 Å². The first-order valence-corrected chi connectivity index (χ1v) is 4.97. The van der Waals surface area contributed by atoms with Gasteiger partial charge in [-0.05, 0) is 6.42 Å². The van der Waals surface area contributed by atoms with Gasteiger partial charge in [-0.3, -0.25) is 14.6 Å². The smallest absolute Gasteiger partial charge is 0.254 e. The van der Waals surface area contributed by atoms with E-state index in [0.29, 0.717) is 13.0 Å². The summed E-state index contributed by atoms with van der Waals surface area (Å²) in [4.78, 5) is 26.5. The SMILES string of the molecule is O=C(c1cc(O)[nH]c(=O)c1)N1CCC(O)C1. The summed E-state index contributed by atoms with van der Waals surface area (Å²) in [5.74, 6) is -0.687. The number of amides is 1. The number of hydrogen-bond donors (Lipinski definition) is 3. The lowest BCUT2D eigenvalue weighted by atomic mass is 10.2. The van der Waals surface area contributed by atoms with Crippen LogP contribution < -0.4 is 5.56 Å². The van der Waals surface area contributed by atoms with Crippen LogP contribution in [0.15, 0.2) is 16.9 Å². The zero-order valence-electron chi connectivity index (χ0n) is 8.51. The number of aliphatic hydroxyl groups is 1. The molecule has 6 heteroatoms. The maximum Gasteiger partial charge on any atom is 0.254 e. The molecule has 1 aliphatic heterocycles. The fraction of sp³-hybridized carbons (Fsp3) is 0.400. The van der Waals surface area contributed by atoms with Crippen LogP contribution in [0.4, 0.5) is 0 Å². The summed E-state index contributed by atoms with van der Waals surface area (Å²) in [6.07, 6.45) is 0.0421. The molecule has 86 valence electrons. The number of hydrogen-bond acceptors (Lipinski definition) is 4. The molecule has 2 heterocycles. The van der Waals surface area contributed by atoms with Crippen LogP contribution in [0.1, 0.15) is 16.8 Å². The first-order chi connectivity index (χ1) is 7.56. The second-order valence-corrected chi connectivity index (χ2v) is 3.81. The van der Waals surface area contributed by atoms with Crippen molar-refractivity contribution in [2.45, 2.75) is 12.5 Å². The second kappa shape index (κ2) is 3.97. The third-order valence-corrected chi connectivity index (χ3v) is 2.53. The van der Waals surface area contributed by atoms with Crippen molar-refractivity contribution in [2.24, 2.45) is 0 Å².